The van der Waals surface area contributed by atoms with E-state index in [1.807, 2.05) is 17.8 Å². The lowest BCUT2D eigenvalue weighted by Crippen LogP contribution is -2.31. The minimum absolute atomic E-state index is 0.0236. The Balaban J connectivity index is 1.88. The van der Waals surface area contributed by atoms with Crippen molar-refractivity contribution in [2.75, 3.05) is 13.7 Å². The summed E-state index contributed by atoms with van der Waals surface area (Å²) in [7, 11) is 1.73. The molecule has 1 aromatic heterocycles. The van der Waals surface area contributed by atoms with Crippen molar-refractivity contribution in [3.05, 3.63) is 45.7 Å². The van der Waals surface area contributed by atoms with E-state index in [0.29, 0.717) is 17.3 Å². The Labute approximate surface area is 142 Å². The number of benzene rings is 1. The van der Waals surface area contributed by atoms with Crippen LogP contribution in [-0.2, 0) is 17.9 Å². The van der Waals surface area contributed by atoms with Crippen molar-refractivity contribution in [3.63, 3.8) is 0 Å². The third-order valence-electron chi connectivity index (χ3n) is 3.10. The average molecular weight is 387 g/mol. The van der Waals surface area contributed by atoms with E-state index in [0.717, 1.165) is 16.7 Å². The molecule has 0 bridgehead atoms. The Morgan fingerprint density at radius 3 is 2.68 bits per heavy atom. The maximum absolute atomic E-state index is 12.1. The predicted octanol–water partition coefficient (Wildman–Crippen LogP) is 3.36. The molecule has 0 aliphatic heterocycles. The topological polar surface area (TPSA) is 47.4 Å². The highest BCUT2D eigenvalue weighted by atomic mass is 79.9. The summed E-state index contributed by atoms with van der Waals surface area (Å²) in [6.07, 6.45) is 1.90. The number of amides is 1. The van der Waals surface area contributed by atoms with E-state index in [1.54, 1.807) is 36.2 Å². The number of carbonyl (C=O) groups is 1. The van der Waals surface area contributed by atoms with Crippen molar-refractivity contribution in [2.24, 2.45) is 0 Å². The second kappa shape index (κ2) is 7.65. The fraction of sp³-hybridized carbons (Fsp3) is 0.333. The number of hydrogen-bond acceptors (Lipinski definition) is 3. The molecule has 5 nitrogen and oxygen atoms in total. The number of likely N-dealkylation sites (N-methyl/N-ethyl adjacent to an activating group) is 1. The Bertz CT molecular complexity index is 643. The number of halogens is 2. The Morgan fingerprint density at radius 2 is 2.09 bits per heavy atom. The molecule has 0 unspecified atom stereocenters. The van der Waals surface area contributed by atoms with Gasteiger partial charge in [0, 0.05) is 24.8 Å². The molecule has 0 N–H and O–H groups in total. The molecule has 0 radical (unpaired) electrons. The number of ether oxygens (including phenoxy) is 1. The third-order valence-corrected chi connectivity index (χ3v) is 4.01. The van der Waals surface area contributed by atoms with Gasteiger partial charge in [-0.1, -0.05) is 11.6 Å². The van der Waals surface area contributed by atoms with Crippen molar-refractivity contribution in [1.29, 1.82) is 0 Å². The molecule has 7 heteroatoms. The summed E-state index contributed by atoms with van der Waals surface area (Å²) in [6, 6.07) is 6.91. The van der Waals surface area contributed by atoms with E-state index in [2.05, 4.69) is 21.0 Å². The molecule has 0 saturated carbocycles. The van der Waals surface area contributed by atoms with E-state index < -0.39 is 0 Å². The van der Waals surface area contributed by atoms with Crippen LogP contribution in [0.25, 0.3) is 0 Å². The molecule has 0 aliphatic carbocycles. The van der Waals surface area contributed by atoms with Crippen molar-refractivity contribution >= 4 is 33.4 Å². The van der Waals surface area contributed by atoms with Gasteiger partial charge in [-0.05, 0) is 47.1 Å². The molecule has 2 aromatic rings. The van der Waals surface area contributed by atoms with Crippen molar-refractivity contribution in [3.8, 4) is 5.75 Å². The Morgan fingerprint density at radius 1 is 1.41 bits per heavy atom. The molecule has 1 heterocycles. The largest absolute Gasteiger partial charge is 0.484 e. The maximum Gasteiger partial charge on any atom is 0.260 e. The summed E-state index contributed by atoms with van der Waals surface area (Å²) in [5.74, 6) is 0.496. The van der Waals surface area contributed by atoms with Crippen LogP contribution in [0.5, 0.6) is 5.75 Å². The number of rotatable bonds is 6. The molecular weight excluding hydrogens is 370 g/mol. The van der Waals surface area contributed by atoms with Crippen LogP contribution in [0.1, 0.15) is 12.6 Å². The van der Waals surface area contributed by atoms with Crippen LogP contribution in [0.15, 0.2) is 34.9 Å². The van der Waals surface area contributed by atoms with E-state index in [9.17, 15) is 4.79 Å². The summed E-state index contributed by atoms with van der Waals surface area (Å²) in [6.45, 7) is 3.20. The molecule has 22 heavy (non-hydrogen) atoms. The molecule has 0 fully saturated rings. The quantitative estimate of drug-likeness (QED) is 0.765. The smallest absolute Gasteiger partial charge is 0.260 e. The van der Waals surface area contributed by atoms with Gasteiger partial charge in [0.1, 0.15) is 5.75 Å². The van der Waals surface area contributed by atoms with Gasteiger partial charge in [-0.25, -0.2) is 0 Å². The molecule has 0 aliphatic rings. The van der Waals surface area contributed by atoms with Gasteiger partial charge < -0.3 is 9.64 Å². The number of aryl methyl sites for hydroxylation is 1. The third kappa shape index (κ3) is 4.48. The van der Waals surface area contributed by atoms with Crippen molar-refractivity contribution < 1.29 is 9.53 Å². The molecule has 0 spiro atoms. The van der Waals surface area contributed by atoms with Crippen LogP contribution in [0.3, 0.4) is 0 Å². The fourth-order valence-electron chi connectivity index (χ4n) is 1.81. The highest BCUT2D eigenvalue weighted by Crippen LogP contribution is 2.17. The molecule has 1 aromatic carbocycles. The first-order valence-electron chi connectivity index (χ1n) is 6.83. The summed E-state index contributed by atoms with van der Waals surface area (Å²) < 4.78 is 8.17. The van der Waals surface area contributed by atoms with Gasteiger partial charge in [-0.3, -0.25) is 9.48 Å². The maximum atomic E-state index is 12.1. The zero-order chi connectivity index (χ0) is 16.1. The number of nitrogens with zero attached hydrogens (tertiary/aromatic N) is 3. The normalized spacial score (nSPS) is 10.5. The van der Waals surface area contributed by atoms with E-state index in [1.165, 1.54) is 0 Å². The first kappa shape index (κ1) is 16.8. The van der Waals surface area contributed by atoms with Gasteiger partial charge in [-0.15, -0.1) is 0 Å². The lowest BCUT2D eigenvalue weighted by Gasteiger charge is -2.16. The Hall–Kier alpha value is -1.53. The van der Waals surface area contributed by atoms with Gasteiger partial charge in [-0.2, -0.15) is 5.10 Å². The summed E-state index contributed by atoms with van der Waals surface area (Å²) >= 11 is 9.25. The molecular formula is C15H17BrClN3O2. The first-order chi connectivity index (χ1) is 10.5. The van der Waals surface area contributed by atoms with Crippen LogP contribution in [0, 0.1) is 0 Å². The summed E-state index contributed by atoms with van der Waals surface area (Å²) in [5.41, 5.74) is 0.823. The molecule has 118 valence electrons. The summed E-state index contributed by atoms with van der Waals surface area (Å²) in [5, 5.41) is 5.03. The minimum atomic E-state index is -0.118. The average Bonchev–Trinajstić information content (AvgIpc) is 2.86. The highest BCUT2D eigenvalue weighted by molar-refractivity contribution is 9.10. The molecule has 2 rings (SSSR count). The SMILES string of the molecule is CCn1cc(Br)c(CN(C)C(=O)COc2ccc(Cl)cc2)n1. The van der Waals surface area contributed by atoms with Gasteiger partial charge in [0.2, 0.25) is 0 Å². The predicted molar refractivity (Wildman–Crippen MR) is 89.0 cm³/mol. The van der Waals surface area contributed by atoms with E-state index in [-0.39, 0.29) is 12.5 Å². The van der Waals surface area contributed by atoms with Crippen LogP contribution < -0.4 is 4.74 Å². The number of carbonyl (C=O) groups excluding carboxylic acids is 1. The van der Waals surface area contributed by atoms with Gasteiger partial charge in [0.25, 0.3) is 5.91 Å². The standard InChI is InChI=1S/C15H17BrClN3O2/c1-3-20-8-13(16)14(18-20)9-19(2)15(21)10-22-12-6-4-11(17)5-7-12/h4-8H,3,9-10H2,1-2H3. The minimum Gasteiger partial charge on any atom is -0.484 e. The van der Waals surface area contributed by atoms with Crippen LogP contribution in [0.2, 0.25) is 5.02 Å². The molecule has 1 amide bonds. The zero-order valence-electron chi connectivity index (χ0n) is 12.4. The number of aromatic nitrogens is 2. The Kier molecular flexibility index (Phi) is 5.85. The molecule has 0 saturated heterocycles. The second-order valence-electron chi connectivity index (χ2n) is 4.77. The fourth-order valence-corrected chi connectivity index (χ4v) is 2.37. The molecule has 0 atom stereocenters. The zero-order valence-corrected chi connectivity index (χ0v) is 14.8. The van der Waals surface area contributed by atoms with Crippen molar-refractivity contribution in [2.45, 2.75) is 20.0 Å². The lowest BCUT2D eigenvalue weighted by molar-refractivity contribution is -0.132. The van der Waals surface area contributed by atoms with Crippen LogP contribution in [-0.4, -0.2) is 34.2 Å². The second-order valence-corrected chi connectivity index (χ2v) is 6.06. The van der Waals surface area contributed by atoms with Crippen LogP contribution in [0.4, 0.5) is 0 Å². The highest BCUT2D eigenvalue weighted by Gasteiger charge is 2.14. The van der Waals surface area contributed by atoms with Crippen LogP contribution >= 0.6 is 27.5 Å². The number of hydrogen-bond donors (Lipinski definition) is 0. The van der Waals surface area contributed by atoms with Gasteiger partial charge >= 0.3 is 0 Å². The summed E-state index contributed by atoms with van der Waals surface area (Å²) in [4.78, 5) is 13.7. The van der Waals surface area contributed by atoms with E-state index in [4.69, 9.17) is 16.3 Å². The van der Waals surface area contributed by atoms with Gasteiger partial charge in [0.15, 0.2) is 6.61 Å². The monoisotopic (exact) mass is 385 g/mol. The van der Waals surface area contributed by atoms with Gasteiger partial charge in [0.05, 0.1) is 16.7 Å². The first-order valence-corrected chi connectivity index (χ1v) is 8.01. The lowest BCUT2D eigenvalue weighted by atomic mass is 10.3. The van der Waals surface area contributed by atoms with Crippen molar-refractivity contribution in [1.82, 2.24) is 14.7 Å². The van der Waals surface area contributed by atoms with E-state index >= 15 is 0 Å².